The maximum atomic E-state index is 12.9. The first-order valence-corrected chi connectivity index (χ1v) is 8.92. The van der Waals surface area contributed by atoms with Crippen LogP contribution in [0, 0.1) is 0 Å². The second-order valence-electron chi connectivity index (χ2n) is 6.85. The predicted octanol–water partition coefficient (Wildman–Crippen LogP) is 4.74. The van der Waals surface area contributed by atoms with Gasteiger partial charge in [-0.1, -0.05) is 48.5 Å². The minimum Gasteiger partial charge on any atom is -0.267 e. The van der Waals surface area contributed by atoms with Gasteiger partial charge in [0.15, 0.2) is 0 Å². The Hall–Kier alpha value is -3.20. The zero-order valence-corrected chi connectivity index (χ0v) is 14.6. The summed E-state index contributed by atoms with van der Waals surface area (Å²) in [7, 11) is 0. The molecule has 0 bridgehead atoms. The number of para-hydroxylation sites is 1. The van der Waals surface area contributed by atoms with E-state index in [0.717, 1.165) is 29.8 Å². The monoisotopic (exact) mass is 338 g/mol. The van der Waals surface area contributed by atoms with Crippen molar-refractivity contribution in [1.29, 1.82) is 0 Å². The average Bonchev–Trinajstić information content (AvgIpc) is 3.22. The van der Waals surface area contributed by atoms with E-state index in [1.54, 1.807) is 0 Å². The topological polar surface area (TPSA) is 32.7 Å². The molecule has 0 saturated heterocycles. The van der Waals surface area contributed by atoms with Crippen LogP contribution >= 0.6 is 0 Å². The van der Waals surface area contributed by atoms with Crippen LogP contribution in [0.1, 0.15) is 23.6 Å². The van der Waals surface area contributed by atoms with E-state index < -0.39 is 0 Å². The maximum absolute atomic E-state index is 12.9. The lowest BCUT2D eigenvalue weighted by molar-refractivity contribution is -0.114. The number of benzene rings is 3. The zero-order chi connectivity index (χ0) is 17.7. The van der Waals surface area contributed by atoms with Gasteiger partial charge in [-0.3, -0.25) is 4.79 Å². The SMILES string of the molecule is CC1=NN(c2ccccc2)C(=O)/C1=C/c1ccc2c3c(cccc13)CC2. The minimum atomic E-state index is -0.0723. The Labute approximate surface area is 152 Å². The molecule has 0 radical (unpaired) electrons. The lowest BCUT2D eigenvalue weighted by Crippen LogP contribution is -2.21. The van der Waals surface area contributed by atoms with Crippen molar-refractivity contribution in [3.63, 3.8) is 0 Å². The predicted molar refractivity (Wildman–Crippen MR) is 106 cm³/mol. The van der Waals surface area contributed by atoms with E-state index in [-0.39, 0.29) is 5.91 Å². The Morgan fingerprint density at radius 2 is 1.69 bits per heavy atom. The highest BCUT2D eigenvalue weighted by atomic mass is 16.2. The van der Waals surface area contributed by atoms with Crippen LogP contribution in [0.25, 0.3) is 16.8 Å². The van der Waals surface area contributed by atoms with Gasteiger partial charge in [-0.05, 0) is 65.4 Å². The van der Waals surface area contributed by atoms with Crippen molar-refractivity contribution in [2.24, 2.45) is 5.10 Å². The summed E-state index contributed by atoms with van der Waals surface area (Å²) in [5, 5.41) is 8.55. The van der Waals surface area contributed by atoms with E-state index in [2.05, 4.69) is 35.4 Å². The summed E-state index contributed by atoms with van der Waals surface area (Å²) in [5.41, 5.74) is 6.11. The summed E-state index contributed by atoms with van der Waals surface area (Å²) < 4.78 is 0. The molecule has 126 valence electrons. The third-order valence-electron chi connectivity index (χ3n) is 5.27. The van der Waals surface area contributed by atoms with Gasteiger partial charge in [0.2, 0.25) is 0 Å². The van der Waals surface area contributed by atoms with Crippen LogP contribution in [-0.2, 0) is 17.6 Å². The van der Waals surface area contributed by atoms with Gasteiger partial charge in [0.25, 0.3) is 5.91 Å². The molecule has 5 rings (SSSR count). The lowest BCUT2D eigenvalue weighted by atomic mass is 9.97. The number of anilines is 1. The Morgan fingerprint density at radius 1 is 0.923 bits per heavy atom. The molecule has 0 spiro atoms. The number of rotatable bonds is 2. The van der Waals surface area contributed by atoms with Crippen molar-refractivity contribution in [2.75, 3.05) is 5.01 Å². The first-order chi connectivity index (χ1) is 12.7. The molecular weight excluding hydrogens is 320 g/mol. The van der Waals surface area contributed by atoms with Crippen molar-refractivity contribution in [2.45, 2.75) is 19.8 Å². The van der Waals surface area contributed by atoms with Crippen LogP contribution in [-0.4, -0.2) is 11.6 Å². The molecule has 1 aliphatic carbocycles. The van der Waals surface area contributed by atoms with Crippen LogP contribution < -0.4 is 5.01 Å². The van der Waals surface area contributed by atoms with Crippen molar-refractivity contribution >= 4 is 34.2 Å². The second kappa shape index (κ2) is 5.67. The Bertz CT molecular complexity index is 1100. The molecule has 1 heterocycles. The molecule has 2 aliphatic rings. The van der Waals surface area contributed by atoms with E-state index in [9.17, 15) is 4.79 Å². The summed E-state index contributed by atoms with van der Waals surface area (Å²) in [6.45, 7) is 1.90. The molecule has 3 nitrogen and oxygen atoms in total. The maximum Gasteiger partial charge on any atom is 0.280 e. The zero-order valence-electron chi connectivity index (χ0n) is 14.6. The standard InChI is InChI=1S/C23H18N2O/c1-15-21(23(26)25(24-15)19-7-3-2-4-8-19)14-18-13-12-17-11-10-16-6-5-9-20(18)22(16)17/h2-9,12-14H,10-11H2,1H3/b21-14+. The quantitative estimate of drug-likeness (QED) is 0.621. The van der Waals surface area contributed by atoms with Crippen molar-refractivity contribution in [3.8, 4) is 0 Å². The van der Waals surface area contributed by atoms with E-state index in [4.69, 9.17) is 0 Å². The third-order valence-corrected chi connectivity index (χ3v) is 5.27. The largest absolute Gasteiger partial charge is 0.280 e. The smallest absolute Gasteiger partial charge is 0.267 e. The van der Waals surface area contributed by atoms with Crippen LogP contribution in [0.5, 0.6) is 0 Å². The fraction of sp³-hybridized carbons (Fsp3) is 0.130. The molecule has 0 fully saturated rings. The van der Waals surface area contributed by atoms with E-state index >= 15 is 0 Å². The number of amides is 1. The molecule has 1 aliphatic heterocycles. The van der Waals surface area contributed by atoms with Gasteiger partial charge < -0.3 is 0 Å². The fourth-order valence-corrected chi connectivity index (χ4v) is 3.98. The van der Waals surface area contributed by atoms with Crippen molar-refractivity contribution in [1.82, 2.24) is 0 Å². The third kappa shape index (κ3) is 2.21. The molecule has 1 amide bonds. The number of carbonyl (C=O) groups is 1. The molecule has 0 N–H and O–H groups in total. The van der Waals surface area contributed by atoms with Gasteiger partial charge in [-0.15, -0.1) is 0 Å². The molecule has 0 aromatic heterocycles. The van der Waals surface area contributed by atoms with Gasteiger partial charge in [-0.2, -0.15) is 10.1 Å². The number of aryl methyl sites for hydroxylation is 2. The summed E-state index contributed by atoms with van der Waals surface area (Å²) in [6, 6.07) is 20.4. The number of carbonyl (C=O) groups excluding carboxylic acids is 1. The second-order valence-corrected chi connectivity index (χ2v) is 6.85. The van der Waals surface area contributed by atoms with Crippen LogP contribution in [0.4, 0.5) is 5.69 Å². The number of hydrogen-bond acceptors (Lipinski definition) is 2. The van der Waals surface area contributed by atoms with Gasteiger partial charge in [-0.25, -0.2) is 0 Å². The van der Waals surface area contributed by atoms with Crippen molar-refractivity contribution in [3.05, 3.63) is 82.9 Å². The molecule has 3 aromatic carbocycles. The molecule has 3 heteroatoms. The summed E-state index contributed by atoms with van der Waals surface area (Å²) >= 11 is 0. The van der Waals surface area contributed by atoms with Gasteiger partial charge in [0.05, 0.1) is 17.0 Å². The normalized spacial score (nSPS) is 17.4. The highest BCUT2D eigenvalue weighted by Crippen LogP contribution is 2.34. The van der Waals surface area contributed by atoms with E-state index in [0.29, 0.717) is 5.57 Å². The number of hydrazone groups is 1. The van der Waals surface area contributed by atoms with Crippen LogP contribution in [0.15, 0.2) is 71.3 Å². The summed E-state index contributed by atoms with van der Waals surface area (Å²) in [6.07, 6.45) is 4.20. The minimum absolute atomic E-state index is 0.0723. The van der Waals surface area contributed by atoms with Crippen LogP contribution in [0.2, 0.25) is 0 Å². The Balaban J connectivity index is 1.61. The molecule has 3 aromatic rings. The van der Waals surface area contributed by atoms with E-state index in [1.807, 2.05) is 43.3 Å². The Kier molecular flexibility index (Phi) is 3.29. The molecule has 0 saturated carbocycles. The molecular formula is C23H18N2O. The average molecular weight is 338 g/mol. The number of nitrogens with zero attached hydrogens (tertiary/aromatic N) is 2. The first-order valence-electron chi connectivity index (χ1n) is 8.92. The van der Waals surface area contributed by atoms with E-state index in [1.165, 1.54) is 26.9 Å². The summed E-state index contributed by atoms with van der Waals surface area (Å²) in [5.74, 6) is -0.0723. The van der Waals surface area contributed by atoms with Gasteiger partial charge in [0.1, 0.15) is 0 Å². The van der Waals surface area contributed by atoms with Gasteiger partial charge >= 0.3 is 0 Å². The lowest BCUT2D eigenvalue weighted by Gasteiger charge is -2.11. The van der Waals surface area contributed by atoms with Gasteiger partial charge in [0, 0.05) is 0 Å². The number of hydrogen-bond donors (Lipinski definition) is 0. The fourth-order valence-electron chi connectivity index (χ4n) is 3.98. The Morgan fingerprint density at radius 3 is 2.50 bits per heavy atom. The van der Waals surface area contributed by atoms with Crippen LogP contribution in [0.3, 0.4) is 0 Å². The molecule has 0 atom stereocenters. The summed E-state index contributed by atoms with van der Waals surface area (Å²) in [4.78, 5) is 12.9. The highest BCUT2D eigenvalue weighted by Gasteiger charge is 2.28. The van der Waals surface area contributed by atoms with Crippen molar-refractivity contribution < 1.29 is 4.79 Å². The molecule has 0 unspecified atom stereocenters. The highest BCUT2D eigenvalue weighted by molar-refractivity contribution is 6.32. The molecule has 26 heavy (non-hydrogen) atoms. The first kappa shape index (κ1) is 15.1.